The van der Waals surface area contributed by atoms with Gasteiger partial charge < -0.3 is 4.90 Å². The Hall–Kier alpha value is 0.440. The highest BCUT2D eigenvalue weighted by molar-refractivity contribution is 9.09. The minimum Gasteiger partial charge on any atom is -0.306 e. The molecule has 0 bridgehead atoms. The number of nitrogens with zero attached hydrogens (tertiary/aromatic N) is 1. The van der Waals surface area contributed by atoms with Gasteiger partial charge in [-0.2, -0.15) is 0 Å². The second-order valence-electron chi connectivity index (χ2n) is 4.58. The van der Waals surface area contributed by atoms with Crippen LogP contribution in [-0.2, 0) is 0 Å². The molecule has 0 aromatic rings. The van der Waals surface area contributed by atoms with E-state index in [0.29, 0.717) is 5.41 Å². The molecule has 1 aliphatic rings. The maximum Gasteiger partial charge on any atom is 0.0100 e. The molecule has 2 heteroatoms. The van der Waals surface area contributed by atoms with Gasteiger partial charge in [0.25, 0.3) is 0 Å². The van der Waals surface area contributed by atoms with Gasteiger partial charge >= 0.3 is 0 Å². The molecule has 0 atom stereocenters. The molecule has 1 aliphatic carbocycles. The molecule has 0 radical (unpaired) electrons. The summed E-state index contributed by atoms with van der Waals surface area (Å²) in [6, 6.07) is 0. The van der Waals surface area contributed by atoms with Crippen LogP contribution in [0.4, 0.5) is 0 Å². The molecule has 0 saturated heterocycles. The summed E-state index contributed by atoms with van der Waals surface area (Å²) in [6.45, 7) is 4.78. The van der Waals surface area contributed by atoms with Crippen molar-refractivity contribution in [3.05, 3.63) is 0 Å². The van der Waals surface area contributed by atoms with Crippen LogP contribution >= 0.6 is 15.9 Å². The van der Waals surface area contributed by atoms with E-state index in [4.69, 9.17) is 0 Å². The summed E-state index contributed by atoms with van der Waals surface area (Å²) in [5, 5.41) is 1.19. The maximum atomic E-state index is 3.69. The zero-order valence-electron chi connectivity index (χ0n) is 8.98. The Morgan fingerprint density at radius 3 is 2.38 bits per heavy atom. The van der Waals surface area contributed by atoms with E-state index in [2.05, 4.69) is 34.8 Å². The molecule has 0 spiro atoms. The smallest absolute Gasteiger partial charge is 0.0100 e. The van der Waals surface area contributed by atoms with Crippen LogP contribution in [0.2, 0.25) is 0 Å². The molecule has 0 amide bonds. The lowest BCUT2D eigenvalue weighted by molar-refractivity contribution is 0.203. The summed E-state index contributed by atoms with van der Waals surface area (Å²) >= 11 is 3.69. The largest absolute Gasteiger partial charge is 0.306 e. The highest BCUT2D eigenvalue weighted by Crippen LogP contribution is 2.40. The van der Waals surface area contributed by atoms with E-state index in [-0.39, 0.29) is 0 Å². The van der Waals surface area contributed by atoms with E-state index in [1.165, 1.54) is 50.5 Å². The van der Waals surface area contributed by atoms with Gasteiger partial charge in [0.1, 0.15) is 0 Å². The SMILES string of the molecule is CCCN(C)CC1(CBr)CCCC1. The van der Waals surface area contributed by atoms with Gasteiger partial charge in [-0.05, 0) is 38.3 Å². The quantitative estimate of drug-likeness (QED) is 0.675. The third kappa shape index (κ3) is 3.25. The van der Waals surface area contributed by atoms with Crippen LogP contribution in [-0.4, -0.2) is 30.4 Å². The van der Waals surface area contributed by atoms with Crippen LogP contribution in [0.15, 0.2) is 0 Å². The van der Waals surface area contributed by atoms with E-state index in [9.17, 15) is 0 Å². The van der Waals surface area contributed by atoms with E-state index >= 15 is 0 Å². The van der Waals surface area contributed by atoms with E-state index < -0.39 is 0 Å². The van der Waals surface area contributed by atoms with Crippen molar-refractivity contribution in [2.75, 3.05) is 25.5 Å². The van der Waals surface area contributed by atoms with Crippen LogP contribution in [0.5, 0.6) is 0 Å². The second-order valence-corrected chi connectivity index (χ2v) is 5.14. The molecular weight excluding hydrogens is 226 g/mol. The summed E-state index contributed by atoms with van der Waals surface area (Å²) < 4.78 is 0. The molecular formula is C11H22BrN. The van der Waals surface area contributed by atoms with Crippen LogP contribution in [0.3, 0.4) is 0 Å². The fourth-order valence-electron chi connectivity index (χ4n) is 2.49. The summed E-state index contributed by atoms with van der Waals surface area (Å²) in [5.74, 6) is 0. The molecule has 78 valence electrons. The molecule has 0 aliphatic heterocycles. The Bertz CT molecular complexity index is 141. The van der Waals surface area contributed by atoms with Gasteiger partial charge in [0.15, 0.2) is 0 Å². The van der Waals surface area contributed by atoms with Gasteiger partial charge in [-0.1, -0.05) is 35.7 Å². The predicted octanol–water partition coefficient (Wildman–Crippen LogP) is 3.28. The highest BCUT2D eigenvalue weighted by atomic mass is 79.9. The van der Waals surface area contributed by atoms with Crippen molar-refractivity contribution in [3.63, 3.8) is 0 Å². The topological polar surface area (TPSA) is 3.24 Å². The van der Waals surface area contributed by atoms with Crippen molar-refractivity contribution >= 4 is 15.9 Å². The maximum absolute atomic E-state index is 3.69. The van der Waals surface area contributed by atoms with Crippen molar-refractivity contribution in [1.82, 2.24) is 4.90 Å². The molecule has 0 N–H and O–H groups in total. The van der Waals surface area contributed by atoms with Gasteiger partial charge in [-0.3, -0.25) is 0 Å². The van der Waals surface area contributed by atoms with Crippen LogP contribution in [0, 0.1) is 5.41 Å². The number of alkyl halides is 1. The molecule has 0 heterocycles. The zero-order chi connectivity index (χ0) is 9.73. The molecule has 0 aromatic carbocycles. The molecule has 13 heavy (non-hydrogen) atoms. The monoisotopic (exact) mass is 247 g/mol. The third-order valence-corrected chi connectivity index (χ3v) is 4.35. The summed E-state index contributed by atoms with van der Waals surface area (Å²) in [6.07, 6.45) is 6.99. The Morgan fingerprint density at radius 2 is 1.92 bits per heavy atom. The predicted molar refractivity (Wildman–Crippen MR) is 62.5 cm³/mol. The Kier molecular flexibility index (Phi) is 4.74. The first-order valence-corrected chi connectivity index (χ1v) is 6.59. The fourth-order valence-corrected chi connectivity index (χ4v) is 3.23. The van der Waals surface area contributed by atoms with E-state index in [0.717, 1.165) is 0 Å². The highest BCUT2D eigenvalue weighted by Gasteiger charge is 2.33. The van der Waals surface area contributed by atoms with Gasteiger partial charge in [-0.25, -0.2) is 0 Å². The molecule has 0 unspecified atom stereocenters. The molecule has 1 fully saturated rings. The average Bonchev–Trinajstić information content (AvgIpc) is 2.54. The second kappa shape index (κ2) is 5.35. The number of hydrogen-bond donors (Lipinski definition) is 0. The van der Waals surface area contributed by atoms with E-state index in [1.807, 2.05) is 0 Å². The zero-order valence-corrected chi connectivity index (χ0v) is 10.6. The first kappa shape index (κ1) is 11.5. The first-order chi connectivity index (χ1) is 6.22. The van der Waals surface area contributed by atoms with Crippen molar-refractivity contribution in [2.24, 2.45) is 5.41 Å². The van der Waals surface area contributed by atoms with Crippen molar-refractivity contribution in [3.8, 4) is 0 Å². The number of halogens is 1. The van der Waals surface area contributed by atoms with Crippen LogP contribution in [0.25, 0.3) is 0 Å². The van der Waals surface area contributed by atoms with Gasteiger partial charge in [0.2, 0.25) is 0 Å². The van der Waals surface area contributed by atoms with Crippen molar-refractivity contribution < 1.29 is 0 Å². The Balaban J connectivity index is 2.38. The lowest BCUT2D eigenvalue weighted by Crippen LogP contribution is -2.35. The summed E-state index contributed by atoms with van der Waals surface area (Å²) in [4.78, 5) is 2.49. The fraction of sp³-hybridized carbons (Fsp3) is 1.00. The van der Waals surface area contributed by atoms with Crippen molar-refractivity contribution in [1.29, 1.82) is 0 Å². The standard InChI is InChI=1S/C11H22BrN/c1-3-8-13(2)10-11(9-12)6-4-5-7-11/h3-10H2,1-2H3. The van der Waals surface area contributed by atoms with E-state index in [1.54, 1.807) is 0 Å². The number of rotatable bonds is 5. The van der Waals surface area contributed by atoms with Crippen LogP contribution in [0.1, 0.15) is 39.0 Å². The third-order valence-electron chi connectivity index (χ3n) is 3.16. The minimum atomic E-state index is 0.601. The Labute approximate surface area is 91.0 Å². The minimum absolute atomic E-state index is 0.601. The molecule has 1 rings (SSSR count). The first-order valence-electron chi connectivity index (χ1n) is 5.47. The van der Waals surface area contributed by atoms with Crippen molar-refractivity contribution in [2.45, 2.75) is 39.0 Å². The normalized spacial score (nSPS) is 21.2. The summed E-state index contributed by atoms with van der Waals surface area (Å²) in [5.41, 5.74) is 0.601. The van der Waals surface area contributed by atoms with Gasteiger partial charge in [-0.15, -0.1) is 0 Å². The summed E-state index contributed by atoms with van der Waals surface area (Å²) in [7, 11) is 2.26. The van der Waals surface area contributed by atoms with Gasteiger partial charge in [0.05, 0.1) is 0 Å². The van der Waals surface area contributed by atoms with Crippen LogP contribution < -0.4 is 0 Å². The number of hydrogen-bond acceptors (Lipinski definition) is 1. The lowest BCUT2D eigenvalue weighted by atomic mass is 9.88. The molecule has 0 aromatic heterocycles. The average molecular weight is 248 g/mol. The lowest BCUT2D eigenvalue weighted by Gasteiger charge is -2.31. The molecule has 1 saturated carbocycles. The molecule has 1 nitrogen and oxygen atoms in total. The Morgan fingerprint density at radius 1 is 1.31 bits per heavy atom. The van der Waals surface area contributed by atoms with Gasteiger partial charge in [0, 0.05) is 11.9 Å².